The summed E-state index contributed by atoms with van der Waals surface area (Å²) in [4.78, 5) is 4.92. The largest absolute Gasteiger partial charge is 0.328 e. The van der Waals surface area contributed by atoms with E-state index in [1.54, 1.807) is 0 Å². The second-order valence-electron chi connectivity index (χ2n) is 6.30. The van der Waals surface area contributed by atoms with Crippen molar-refractivity contribution in [2.75, 3.05) is 0 Å². The molecule has 3 rings (SSSR count). The highest BCUT2D eigenvalue weighted by atomic mass is 15.1. The lowest BCUT2D eigenvalue weighted by molar-refractivity contribution is 0.576. The van der Waals surface area contributed by atoms with Crippen LogP contribution in [0.4, 0.5) is 0 Å². The van der Waals surface area contributed by atoms with Gasteiger partial charge in [0.15, 0.2) is 0 Å². The monoisotopic (exact) mass is 318 g/mol. The van der Waals surface area contributed by atoms with Crippen LogP contribution in [0.15, 0.2) is 60.7 Å². The molecule has 0 aliphatic heterocycles. The molecule has 0 fully saturated rings. The number of benzene rings is 2. The van der Waals surface area contributed by atoms with Gasteiger partial charge in [0.1, 0.15) is 5.82 Å². The zero-order valence-corrected chi connectivity index (χ0v) is 14.7. The van der Waals surface area contributed by atoms with Crippen LogP contribution < -0.4 is 0 Å². The third-order valence-corrected chi connectivity index (χ3v) is 4.49. The highest BCUT2D eigenvalue weighted by Crippen LogP contribution is 2.33. The number of aryl methyl sites for hydroxylation is 1. The predicted molar refractivity (Wildman–Crippen MR) is 102 cm³/mol. The fourth-order valence-corrected chi connectivity index (χ4v) is 3.22. The van der Waals surface area contributed by atoms with Crippen molar-refractivity contribution in [1.29, 1.82) is 0 Å². The van der Waals surface area contributed by atoms with Crippen molar-refractivity contribution in [3.63, 3.8) is 0 Å². The molecule has 0 radical (unpaired) electrons. The first kappa shape index (κ1) is 16.5. The standard InChI is InChI=1S/C22H26N2/c1-3-4-5-12-17-24-18(2)23-21(19-13-8-6-9-14-19)22(24)20-15-10-7-11-16-20/h6-11,13-16H,3-5,12,17H2,1-2H3. The van der Waals surface area contributed by atoms with E-state index >= 15 is 0 Å². The molecule has 0 atom stereocenters. The molecule has 124 valence electrons. The van der Waals surface area contributed by atoms with Gasteiger partial charge in [-0.05, 0) is 13.3 Å². The number of imidazole rings is 1. The maximum Gasteiger partial charge on any atom is 0.106 e. The zero-order valence-electron chi connectivity index (χ0n) is 14.7. The van der Waals surface area contributed by atoms with E-state index in [9.17, 15) is 0 Å². The molecular formula is C22H26N2. The lowest BCUT2D eigenvalue weighted by Crippen LogP contribution is -2.03. The molecule has 0 saturated heterocycles. The minimum Gasteiger partial charge on any atom is -0.328 e. The van der Waals surface area contributed by atoms with E-state index in [-0.39, 0.29) is 0 Å². The van der Waals surface area contributed by atoms with E-state index in [4.69, 9.17) is 4.98 Å². The van der Waals surface area contributed by atoms with Gasteiger partial charge in [-0.15, -0.1) is 0 Å². The predicted octanol–water partition coefficient (Wildman–Crippen LogP) is 6.11. The SMILES string of the molecule is CCCCCCn1c(C)nc(-c2ccccc2)c1-c1ccccc1. The summed E-state index contributed by atoms with van der Waals surface area (Å²) < 4.78 is 2.40. The number of nitrogens with zero attached hydrogens (tertiary/aromatic N) is 2. The summed E-state index contributed by atoms with van der Waals surface area (Å²) in [6, 6.07) is 21.2. The number of aromatic nitrogens is 2. The summed E-state index contributed by atoms with van der Waals surface area (Å²) in [5, 5.41) is 0. The minimum absolute atomic E-state index is 1.04. The summed E-state index contributed by atoms with van der Waals surface area (Å²) in [6.45, 7) is 5.42. The second-order valence-corrected chi connectivity index (χ2v) is 6.30. The lowest BCUT2D eigenvalue weighted by Gasteiger charge is -2.12. The molecule has 0 amide bonds. The van der Waals surface area contributed by atoms with Crippen LogP contribution in [-0.4, -0.2) is 9.55 Å². The van der Waals surface area contributed by atoms with Gasteiger partial charge in [-0.1, -0.05) is 86.8 Å². The summed E-state index contributed by atoms with van der Waals surface area (Å²) >= 11 is 0. The molecule has 24 heavy (non-hydrogen) atoms. The fourth-order valence-electron chi connectivity index (χ4n) is 3.22. The van der Waals surface area contributed by atoms with Crippen LogP contribution in [0.25, 0.3) is 22.5 Å². The van der Waals surface area contributed by atoms with E-state index in [0.29, 0.717) is 0 Å². The molecule has 0 aliphatic carbocycles. The van der Waals surface area contributed by atoms with Crippen molar-refractivity contribution in [2.24, 2.45) is 0 Å². The molecule has 0 bridgehead atoms. The smallest absolute Gasteiger partial charge is 0.106 e. The molecule has 1 aromatic heterocycles. The Kier molecular flexibility index (Phi) is 5.47. The second kappa shape index (κ2) is 7.96. The first-order valence-corrected chi connectivity index (χ1v) is 8.99. The molecule has 2 heteroatoms. The zero-order chi connectivity index (χ0) is 16.8. The molecule has 0 aliphatic rings. The molecular weight excluding hydrogens is 292 g/mol. The van der Waals surface area contributed by atoms with E-state index in [2.05, 4.69) is 79.1 Å². The summed E-state index contributed by atoms with van der Waals surface area (Å²) in [7, 11) is 0. The van der Waals surface area contributed by atoms with Crippen LogP contribution >= 0.6 is 0 Å². The van der Waals surface area contributed by atoms with Crippen molar-refractivity contribution in [3.8, 4) is 22.5 Å². The highest BCUT2D eigenvalue weighted by molar-refractivity contribution is 5.79. The number of unbranched alkanes of at least 4 members (excludes halogenated alkanes) is 3. The number of hydrogen-bond donors (Lipinski definition) is 0. The Morgan fingerprint density at radius 3 is 2.04 bits per heavy atom. The van der Waals surface area contributed by atoms with Gasteiger partial charge in [0.05, 0.1) is 11.4 Å². The maximum atomic E-state index is 4.92. The van der Waals surface area contributed by atoms with E-state index in [0.717, 1.165) is 18.1 Å². The van der Waals surface area contributed by atoms with Gasteiger partial charge < -0.3 is 4.57 Å². The molecule has 2 nitrogen and oxygen atoms in total. The fraction of sp³-hybridized carbons (Fsp3) is 0.318. The van der Waals surface area contributed by atoms with Crippen LogP contribution in [0.3, 0.4) is 0 Å². The average Bonchev–Trinajstić information content (AvgIpc) is 2.97. The first-order chi connectivity index (χ1) is 11.8. The quantitative estimate of drug-likeness (QED) is 0.481. The van der Waals surface area contributed by atoms with Gasteiger partial charge in [-0.3, -0.25) is 0 Å². The molecule has 1 heterocycles. The van der Waals surface area contributed by atoms with Gasteiger partial charge in [-0.2, -0.15) is 0 Å². The van der Waals surface area contributed by atoms with Gasteiger partial charge in [0.25, 0.3) is 0 Å². The molecule has 0 saturated carbocycles. The van der Waals surface area contributed by atoms with Crippen LogP contribution in [0.2, 0.25) is 0 Å². The molecule has 2 aromatic carbocycles. The van der Waals surface area contributed by atoms with Crippen LogP contribution in [0.5, 0.6) is 0 Å². The molecule has 0 N–H and O–H groups in total. The maximum absolute atomic E-state index is 4.92. The summed E-state index contributed by atoms with van der Waals surface area (Å²) in [6.07, 6.45) is 5.06. The van der Waals surface area contributed by atoms with Crippen molar-refractivity contribution in [3.05, 3.63) is 66.5 Å². The van der Waals surface area contributed by atoms with Gasteiger partial charge in [-0.25, -0.2) is 4.98 Å². The number of hydrogen-bond acceptors (Lipinski definition) is 1. The van der Waals surface area contributed by atoms with Crippen molar-refractivity contribution >= 4 is 0 Å². The Labute approximate surface area is 145 Å². The minimum atomic E-state index is 1.04. The van der Waals surface area contributed by atoms with E-state index in [1.807, 2.05) is 0 Å². The van der Waals surface area contributed by atoms with Gasteiger partial charge in [0.2, 0.25) is 0 Å². The average molecular weight is 318 g/mol. The first-order valence-electron chi connectivity index (χ1n) is 8.99. The molecule has 3 aromatic rings. The van der Waals surface area contributed by atoms with Crippen molar-refractivity contribution in [2.45, 2.75) is 46.1 Å². The lowest BCUT2D eigenvalue weighted by atomic mass is 10.0. The van der Waals surface area contributed by atoms with Gasteiger partial charge >= 0.3 is 0 Å². The van der Waals surface area contributed by atoms with Crippen LogP contribution in [0.1, 0.15) is 38.4 Å². The van der Waals surface area contributed by atoms with E-state index < -0.39 is 0 Å². The topological polar surface area (TPSA) is 17.8 Å². The highest BCUT2D eigenvalue weighted by Gasteiger charge is 2.17. The van der Waals surface area contributed by atoms with Crippen molar-refractivity contribution in [1.82, 2.24) is 9.55 Å². The van der Waals surface area contributed by atoms with Crippen molar-refractivity contribution < 1.29 is 0 Å². The van der Waals surface area contributed by atoms with Crippen LogP contribution in [0, 0.1) is 6.92 Å². The molecule has 0 spiro atoms. The normalized spacial score (nSPS) is 10.9. The van der Waals surface area contributed by atoms with Crippen LogP contribution in [-0.2, 0) is 6.54 Å². The summed E-state index contributed by atoms with van der Waals surface area (Å²) in [5.74, 6) is 1.10. The Morgan fingerprint density at radius 2 is 1.42 bits per heavy atom. The molecule has 0 unspecified atom stereocenters. The van der Waals surface area contributed by atoms with E-state index in [1.165, 1.54) is 42.5 Å². The Morgan fingerprint density at radius 1 is 0.792 bits per heavy atom. The van der Waals surface area contributed by atoms with Gasteiger partial charge in [0, 0.05) is 17.7 Å². The third kappa shape index (κ3) is 3.59. The third-order valence-electron chi connectivity index (χ3n) is 4.49. The Balaban J connectivity index is 2.03. The summed E-state index contributed by atoms with van der Waals surface area (Å²) in [5.41, 5.74) is 4.77. The number of rotatable bonds is 7. The Bertz CT molecular complexity index is 757. The Hall–Kier alpha value is -2.35.